The van der Waals surface area contributed by atoms with E-state index in [-0.39, 0.29) is 18.2 Å². The third kappa shape index (κ3) is 3.48. The van der Waals surface area contributed by atoms with E-state index in [1.54, 1.807) is 0 Å². The van der Waals surface area contributed by atoms with E-state index in [4.69, 9.17) is 5.11 Å². The van der Waals surface area contributed by atoms with E-state index < -0.39 is 5.97 Å². The average molecular weight is 315 g/mol. The van der Waals surface area contributed by atoms with Crippen LogP contribution in [0.15, 0.2) is 35.0 Å². The Labute approximate surface area is 130 Å². The van der Waals surface area contributed by atoms with Crippen molar-refractivity contribution >= 4 is 11.8 Å². The van der Waals surface area contributed by atoms with Gasteiger partial charge >= 0.3 is 5.97 Å². The van der Waals surface area contributed by atoms with Gasteiger partial charge in [-0.05, 0) is 32.7 Å². The highest BCUT2D eigenvalue weighted by molar-refractivity contribution is 5.90. The number of nitrogens with one attached hydrogen (secondary N) is 1. The third-order valence-corrected chi connectivity index (χ3v) is 3.17. The molecule has 0 fully saturated rings. The van der Waals surface area contributed by atoms with Gasteiger partial charge in [0.25, 0.3) is 0 Å². The fourth-order valence-electron chi connectivity index (χ4n) is 2.02. The molecule has 0 unspecified atom stereocenters. The molecule has 0 amide bonds. The van der Waals surface area contributed by atoms with Gasteiger partial charge in [0.1, 0.15) is 6.67 Å². The van der Waals surface area contributed by atoms with Crippen LogP contribution in [0.5, 0.6) is 0 Å². The largest absolute Gasteiger partial charge is 0.476 e. The Morgan fingerprint density at radius 2 is 2.04 bits per heavy atom. The Bertz CT molecular complexity index is 784. The van der Waals surface area contributed by atoms with Crippen LogP contribution in [0.1, 0.15) is 21.9 Å². The topological polar surface area (TPSA) is 132 Å². The van der Waals surface area contributed by atoms with Gasteiger partial charge in [0.05, 0.1) is 0 Å². The number of benzene rings is 1. The summed E-state index contributed by atoms with van der Waals surface area (Å²) in [6, 6.07) is 9.98. The summed E-state index contributed by atoms with van der Waals surface area (Å²) in [6.45, 7) is 0.158. The zero-order valence-electron chi connectivity index (χ0n) is 12.0. The first-order chi connectivity index (χ1) is 11.2. The van der Waals surface area contributed by atoms with E-state index in [9.17, 15) is 4.79 Å². The SMILES string of the molecule is O=C(O)c1nonc1NCn1nnnc1CCc1ccccc1. The molecule has 3 rings (SSSR count). The number of aryl methyl sites for hydroxylation is 2. The average Bonchev–Trinajstić information content (AvgIpc) is 3.21. The monoisotopic (exact) mass is 315 g/mol. The molecule has 0 saturated carbocycles. The van der Waals surface area contributed by atoms with Gasteiger partial charge in [-0.1, -0.05) is 30.3 Å². The first kappa shape index (κ1) is 14.6. The smallest absolute Gasteiger partial charge is 0.362 e. The Balaban J connectivity index is 1.62. The molecule has 0 saturated heterocycles. The zero-order chi connectivity index (χ0) is 16.1. The molecule has 23 heavy (non-hydrogen) atoms. The van der Waals surface area contributed by atoms with Gasteiger partial charge in [0, 0.05) is 6.42 Å². The quantitative estimate of drug-likeness (QED) is 0.643. The molecule has 3 aromatic rings. The second-order valence-electron chi connectivity index (χ2n) is 4.68. The molecule has 0 atom stereocenters. The predicted octanol–water partition coefficient (Wildman–Crippen LogP) is 0.609. The van der Waals surface area contributed by atoms with Crippen LogP contribution in [-0.2, 0) is 19.5 Å². The number of rotatable bonds is 7. The van der Waals surface area contributed by atoms with Crippen LogP contribution in [0.2, 0.25) is 0 Å². The van der Waals surface area contributed by atoms with E-state index in [1.165, 1.54) is 10.2 Å². The molecular weight excluding hydrogens is 302 g/mol. The highest BCUT2D eigenvalue weighted by Crippen LogP contribution is 2.10. The lowest BCUT2D eigenvalue weighted by molar-refractivity contribution is 0.0685. The van der Waals surface area contributed by atoms with Crippen LogP contribution in [0.3, 0.4) is 0 Å². The third-order valence-electron chi connectivity index (χ3n) is 3.17. The second-order valence-corrected chi connectivity index (χ2v) is 4.68. The first-order valence-electron chi connectivity index (χ1n) is 6.82. The number of hydrogen-bond acceptors (Lipinski definition) is 8. The maximum atomic E-state index is 10.9. The van der Waals surface area contributed by atoms with Crippen molar-refractivity contribution < 1.29 is 14.5 Å². The van der Waals surface area contributed by atoms with Crippen LogP contribution in [0, 0.1) is 0 Å². The highest BCUT2D eigenvalue weighted by atomic mass is 16.6. The van der Waals surface area contributed by atoms with Crippen LogP contribution in [-0.4, -0.2) is 41.6 Å². The summed E-state index contributed by atoms with van der Waals surface area (Å²) in [5, 5.41) is 30.0. The Kier molecular flexibility index (Phi) is 4.22. The molecule has 0 radical (unpaired) electrons. The summed E-state index contributed by atoms with van der Waals surface area (Å²) in [6.07, 6.45) is 1.45. The lowest BCUT2D eigenvalue weighted by Crippen LogP contribution is -2.15. The minimum atomic E-state index is -1.23. The number of nitrogens with zero attached hydrogens (tertiary/aromatic N) is 6. The fraction of sp³-hybridized carbons (Fsp3) is 0.231. The normalized spacial score (nSPS) is 10.6. The lowest BCUT2D eigenvalue weighted by atomic mass is 10.1. The van der Waals surface area contributed by atoms with E-state index in [1.807, 2.05) is 30.3 Å². The number of hydrogen-bond donors (Lipinski definition) is 2. The first-order valence-corrected chi connectivity index (χ1v) is 6.82. The number of carbonyl (C=O) groups is 1. The molecule has 1 aromatic carbocycles. The summed E-state index contributed by atoms with van der Waals surface area (Å²) in [5.74, 6) is -0.522. The standard InChI is InChI=1S/C13H13N7O3/c21-13(22)11-12(17-23-16-11)14-8-20-10(15-18-19-20)7-6-9-4-2-1-3-5-9/h1-5H,6-8H2,(H,14,17)(H,21,22). The zero-order valence-corrected chi connectivity index (χ0v) is 12.0. The molecule has 0 aliphatic carbocycles. The maximum absolute atomic E-state index is 10.9. The molecule has 2 N–H and O–H groups in total. The Morgan fingerprint density at radius 3 is 2.83 bits per heavy atom. The molecule has 0 aliphatic heterocycles. The maximum Gasteiger partial charge on any atom is 0.362 e. The van der Waals surface area contributed by atoms with E-state index in [0.717, 1.165) is 6.42 Å². The van der Waals surface area contributed by atoms with E-state index in [2.05, 4.69) is 35.8 Å². The summed E-state index contributed by atoms with van der Waals surface area (Å²) in [4.78, 5) is 10.9. The molecule has 0 bridgehead atoms. The Hall–Kier alpha value is -3.30. The van der Waals surface area contributed by atoms with Crippen molar-refractivity contribution in [2.24, 2.45) is 0 Å². The van der Waals surface area contributed by atoms with Crippen LogP contribution in [0.25, 0.3) is 0 Å². The molecule has 0 aliphatic rings. The van der Waals surface area contributed by atoms with Crippen molar-refractivity contribution in [3.8, 4) is 0 Å². The predicted molar refractivity (Wildman–Crippen MR) is 76.5 cm³/mol. The van der Waals surface area contributed by atoms with Gasteiger partial charge in [-0.2, -0.15) is 0 Å². The number of aromatic carboxylic acids is 1. The summed E-state index contributed by atoms with van der Waals surface area (Å²) in [7, 11) is 0. The van der Waals surface area contributed by atoms with Gasteiger partial charge in [-0.15, -0.1) is 5.10 Å². The molecular formula is C13H13N7O3. The van der Waals surface area contributed by atoms with E-state index in [0.29, 0.717) is 12.2 Å². The minimum Gasteiger partial charge on any atom is -0.476 e. The van der Waals surface area contributed by atoms with Gasteiger partial charge in [-0.3, -0.25) is 0 Å². The van der Waals surface area contributed by atoms with Gasteiger partial charge in [0.2, 0.25) is 11.5 Å². The number of tetrazole rings is 1. The van der Waals surface area contributed by atoms with Crippen molar-refractivity contribution in [1.29, 1.82) is 0 Å². The number of carboxylic acids is 1. The molecule has 0 spiro atoms. The van der Waals surface area contributed by atoms with Gasteiger partial charge < -0.3 is 10.4 Å². The lowest BCUT2D eigenvalue weighted by Gasteiger charge is -2.05. The van der Waals surface area contributed by atoms with Crippen molar-refractivity contribution in [3.63, 3.8) is 0 Å². The van der Waals surface area contributed by atoms with Crippen molar-refractivity contribution in [1.82, 2.24) is 30.5 Å². The van der Waals surface area contributed by atoms with Crippen LogP contribution in [0.4, 0.5) is 5.82 Å². The molecule has 118 valence electrons. The highest BCUT2D eigenvalue weighted by Gasteiger charge is 2.17. The number of anilines is 1. The molecule has 2 heterocycles. The second kappa shape index (κ2) is 6.64. The molecule has 10 heteroatoms. The van der Waals surface area contributed by atoms with Crippen molar-refractivity contribution in [3.05, 3.63) is 47.4 Å². The number of carboxylic acid groups (broad SMARTS) is 1. The summed E-state index contributed by atoms with van der Waals surface area (Å²) in [5.41, 5.74) is 0.896. The van der Waals surface area contributed by atoms with Crippen molar-refractivity contribution in [2.75, 3.05) is 5.32 Å². The molecule has 10 nitrogen and oxygen atoms in total. The van der Waals surface area contributed by atoms with E-state index >= 15 is 0 Å². The summed E-state index contributed by atoms with van der Waals surface area (Å²) < 4.78 is 5.94. The van der Waals surface area contributed by atoms with Crippen LogP contribution >= 0.6 is 0 Å². The summed E-state index contributed by atoms with van der Waals surface area (Å²) >= 11 is 0. The van der Waals surface area contributed by atoms with Crippen LogP contribution < -0.4 is 5.32 Å². The Morgan fingerprint density at radius 1 is 1.22 bits per heavy atom. The number of aromatic nitrogens is 6. The minimum absolute atomic E-state index is 0.0296. The van der Waals surface area contributed by atoms with Gasteiger partial charge in [-0.25, -0.2) is 14.1 Å². The fourth-order valence-corrected chi connectivity index (χ4v) is 2.02. The van der Waals surface area contributed by atoms with Crippen molar-refractivity contribution in [2.45, 2.75) is 19.5 Å². The van der Waals surface area contributed by atoms with Gasteiger partial charge in [0.15, 0.2) is 5.82 Å². The molecule has 2 aromatic heterocycles.